The number of methoxy groups -OCH3 is 1. The Balaban J connectivity index is 2.02. The molecule has 0 bridgehead atoms. The maximum atomic E-state index is 13.2. The van der Waals surface area contributed by atoms with E-state index in [9.17, 15) is 13.2 Å². The molecule has 0 saturated heterocycles. The fraction of sp³-hybridized carbons (Fsp3) is 0.267. The normalized spacial score (nSPS) is 11.5. The zero-order chi connectivity index (χ0) is 19.6. The molecule has 0 fully saturated rings. The zero-order valence-corrected chi connectivity index (χ0v) is 15.3. The van der Waals surface area contributed by atoms with Crippen molar-refractivity contribution in [3.05, 3.63) is 36.0 Å². The molecule has 27 heavy (non-hydrogen) atoms. The van der Waals surface area contributed by atoms with Crippen LogP contribution in [0.3, 0.4) is 0 Å². The van der Waals surface area contributed by atoms with Crippen molar-refractivity contribution < 1.29 is 17.9 Å². The van der Waals surface area contributed by atoms with Crippen molar-refractivity contribution in [2.24, 2.45) is 0 Å². The lowest BCUT2D eigenvalue weighted by atomic mass is 10.3. The molecule has 0 radical (unpaired) electrons. The smallest absolute Gasteiger partial charge is 0.433 e. The number of halogens is 3. The summed E-state index contributed by atoms with van der Waals surface area (Å²) >= 11 is 0.819. The maximum absolute atomic E-state index is 13.2. The maximum Gasteiger partial charge on any atom is 0.433 e. The summed E-state index contributed by atoms with van der Waals surface area (Å²) in [5, 5.41) is 11.4. The third kappa shape index (κ3) is 4.10. The van der Waals surface area contributed by atoms with Gasteiger partial charge in [0.05, 0.1) is 7.11 Å². The number of ether oxygens (including phenoxy) is 1. The van der Waals surface area contributed by atoms with Gasteiger partial charge < -0.3 is 9.64 Å². The van der Waals surface area contributed by atoms with Crippen LogP contribution in [0, 0.1) is 0 Å². The third-order valence-electron chi connectivity index (χ3n) is 3.38. The van der Waals surface area contributed by atoms with E-state index < -0.39 is 11.9 Å². The van der Waals surface area contributed by atoms with Gasteiger partial charge in [-0.05, 0) is 34.3 Å². The van der Waals surface area contributed by atoms with Crippen molar-refractivity contribution in [1.29, 1.82) is 0 Å². The van der Waals surface area contributed by atoms with Crippen LogP contribution >= 0.6 is 11.8 Å². The molecule has 0 aliphatic rings. The monoisotopic (exact) mass is 397 g/mol. The van der Waals surface area contributed by atoms with Gasteiger partial charge in [0, 0.05) is 20.2 Å². The largest absolute Gasteiger partial charge is 0.494 e. The van der Waals surface area contributed by atoms with E-state index in [0.717, 1.165) is 17.8 Å². The highest BCUT2D eigenvalue weighted by atomic mass is 32.2. The molecule has 1 aromatic carbocycles. The molecule has 0 saturated carbocycles. The zero-order valence-electron chi connectivity index (χ0n) is 14.5. The molecule has 0 aliphatic heterocycles. The summed E-state index contributed by atoms with van der Waals surface area (Å²) < 4.78 is 46.1. The second kappa shape index (κ2) is 7.39. The van der Waals surface area contributed by atoms with Gasteiger partial charge in [-0.15, -0.1) is 5.10 Å². The van der Waals surface area contributed by atoms with E-state index in [2.05, 4.69) is 25.5 Å². The average Bonchev–Trinajstić information content (AvgIpc) is 3.08. The average molecular weight is 397 g/mol. The second-order valence-corrected chi connectivity index (χ2v) is 6.37. The number of para-hydroxylation sites is 2. The van der Waals surface area contributed by atoms with Crippen LogP contribution in [0.2, 0.25) is 0 Å². The first-order valence-electron chi connectivity index (χ1n) is 7.53. The molecule has 0 unspecified atom stereocenters. The van der Waals surface area contributed by atoms with E-state index >= 15 is 0 Å². The van der Waals surface area contributed by atoms with Crippen LogP contribution in [0.25, 0.3) is 5.69 Å². The molecule has 142 valence electrons. The minimum Gasteiger partial charge on any atom is -0.494 e. The molecule has 8 nitrogen and oxygen atoms in total. The van der Waals surface area contributed by atoms with Crippen molar-refractivity contribution in [3.8, 4) is 11.4 Å². The Morgan fingerprint density at radius 1 is 1.15 bits per heavy atom. The first-order valence-corrected chi connectivity index (χ1v) is 8.34. The molecule has 3 rings (SSSR count). The molecule has 2 aromatic heterocycles. The van der Waals surface area contributed by atoms with Crippen LogP contribution in [0.5, 0.6) is 5.75 Å². The van der Waals surface area contributed by atoms with Crippen LogP contribution in [0.1, 0.15) is 5.69 Å². The molecule has 3 aromatic rings. The van der Waals surface area contributed by atoms with Crippen LogP contribution in [0.15, 0.2) is 40.6 Å². The van der Waals surface area contributed by atoms with Crippen molar-refractivity contribution in [2.45, 2.75) is 16.5 Å². The number of benzene rings is 1. The van der Waals surface area contributed by atoms with E-state index in [4.69, 9.17) is 4.74 Å². The standard InChI is InChI=1S/C15H14F3N7OS/c1-24(2)12-8-11(15(16,17)18)19-13(20-12)27-14-21-22-23-25(14)9-6-4-5-7-10(9)26-3/h4-8H,1-3H3. The minimum absolute atomic E-state index is 0.121. The Kier molecular flexibility index (Phi) is 5.17. The molecular weight excluding hydrogens is 383 g/mol. The van der Waals surface area contributed by atoms with Gasteiger partial charge in [0.1, 0.15) is 17.3 Å². The molecule has 0 spiro atoms. The van der Waals surface area contributed by atoms with E-state index in [1.807, 2.05) is 0 Å². The van der Waals surface area contributed by atoms with Gasteiger partial charge in [0.15, 0.2) is 10.9 Å². The summed E-state index contributed by atoms with van der Waals surface area (Å²) in [7, 11) is 4.68. The highest BCUT2D eigenvalue weighted by Crippen LogP contribution is 2.33. The molecular formula is C15H14F3N7OS. The Hall–Kier alpha value is -2.89. The topological polar surface area (TPSA) is 81.8 Å². The number of nitrogens with zero attached hydrogens (tertiary/aromatic N) is 7. The van der Waals surface area contributed by atoms with Gasteiger partial charge in [-0.1, -0.05) is 12.1 Å². The molecule has 0 N–H and O–H groups in total. The molecule has 0 aliphatic carbocycles. The van der Waals surface area contributed by atoms with Gasteiger partial charge in [0.2, 0.25) is 5.16 Å². The summed E-state index contributed by atoms with van der Waals surface area (Å²) in [6, 6.07) is 7.86. The van der Waals surface area contributed by atoms with Crippen LogP contribution < -0.4 is 9.64 Å². The Morgan fingerprint density at radius 3 is 2.56 bits per heavy atom. The van der Waals surface area contributed by atoms with Crippen LogP contribution in [-0.2, 0) is 6.18 Å². The van der Waals surface area contributed by atoms with Gasteiger partial charge in [0.25, 0.3) is 0 Å². The predicted molar refractivity (Wildman–Crippen MR) is 91.2 cm³/mol. The first kappa shape index (κ1) is 18.9. The van der Waals surface area contributed by atoms with Crippen molar-refractivity contribution in [3.63, 3.8) is 0 Å². The van der Waals surface area contributed by atoms with E-state index in [0.29, 0.717) is 11.4 Å². The lowest BCUT2D eigenvalue weighted by Crippen LogP contribution is -2.16. The van der Waals surface area contributed by atoms with E-state index in [1.165, 1.54) is 16.7 Å². The summed E-state index contributed by atoms with van der Waals surface area (Å²) in [4.78, 5) is 9.20. The van der Waals surface area contributed by atoms with Gasteiger partial charge >= 0.3 is 6.18 Å². The molecule has 12 heteroatoms. The van der Waals surface area contributed by atoms with Crippen LogP contribution in [0.4, 0.5) is 19.0 Å². The van der Waals surface area contributed by atoms with E-state index in [1.54, 1.807) is 38.4 Å². The van der Waals surface area contributed by atoms with Crippen molar-refractivity contribution >= 4 is 17.6 Å². The quantitative estimate of drug-likeness (QED) is 0.608. The summed E-state index contributed by atoms with van der Waals surface area (Å²) in [5.74, 6) is 0.627. The molecule has 0 amide bonds. The highest BCUT2D eigenvalue weighted by Gasteiger charge is 2.34. The fourth-order valence-corrected chi connectivity index (χ4v) is 2.86. The highest BCUT2D eigenvalue weighted by molar-refractivity contribution is 7.99. The van der Waals surface area contributed by atoms with Gasteiger partial charge in [-0.2, -0.15) is 17.9 Å². The number of rotatable bonds is 5. The third-order valence-corrected chi connectivity index (χ3v) is 4.18. The minimum atomic E-state index is -4.60. The van der Waals surface area contributed by atoms with Crippen LogP contribution in [-0.4, -0.2) is 51.4 Å². The van der Waals surface area contributed by atoms with Gasteiger partial charge in [-0.3, -0.25) is 0 Å². The Bertz CT molecular complexity index is 945. The van der Waals surface area contributed by atoms with Gasteiger partial charge in [-0.25, -0.2) is 9.97 Å². The number of hydrogen-bond donors (Lipinski definition) is 0. The Morgan fingerprint density at radius 2 is 1.89 bits per heavy atom. The molecule has 0 atom stereocenters. The van der Waals surface area contributed by atoms with Crippen molar-refractivity contribution in [2.75, 3.05) is 26.1 Å². The second-order valence-electron chi connectivity index (χ2n) is 5.43. The number of hydrogen-bond acceptors (Lipinski definition) is 8. The van der Waals surface area contributed by atoms with E-state index in [-0.39, 0.29) is 16.1 Å². The Labute approximate surface area is 156 Å². The SMILES string of the molecule is COc1ccccc1-n1nnnc1Sc1nc(N(C)C)cc(C(F)(F)F)n1. The fourth-order valence-electron chi connectivity index (χ4n) is 2.11. The number of tetrazole rings is 1. The number of aromatic nitrogens is 6. The number of alkyl halides is 3. The molecule has 2 heterocycles. The summed E-state index contributed by atoms with van der Waals surface area (Å²) in [6.07, 6.45) is -4.60. The predicted octanol–water partition coefficient (Wildman–Crippen LogP) is 2.70. The first-order chi connectivity index (χ1) is 12.8. The lowest BCUT2D eigenvalue weighted by molar-refractivity contribution is -0.141. The number of anilines is 1. The summed E-state index contributed by atoms with van der Waals surface area (Å²) in [5.41, 5.74) is -0.507. The van der Waals surface area contributed by atoms with Crippen molar-refractivity contribution in [1.82, 2.24) is 30.2 Å². The lowest BCUT2D eigenvalue weighted by Gasteiger charge is -2.15. The summed E-state index contributed by atoms with van der Waals surface area (Å²) in [6.45, 7) is 0.